The van der Waals surface area contributed by atoms with Gasteiger partial charge in [0.1, 0.15) is 0 Å². The Bertz CT molecular complexity index is 436. The van der Waals surface area contributed by atoms with Crippen LogP contribution in [0.1, 0.15) is 5.56 Å². The molecule has 0 unspecified atom stereocenters. The van der Waals surface area contributed by atoms with Crippen LogP contribution in [-0.4, -0.2) is 14.7 Å². The molecule has 0 aliphatic heterocycles. The molecule has 0 spiro atoms. The summed E-state index contributed by atoms with van der Waals surface area (Å²) in [5.74, 6) is -1.70. The maximum atomic E-state index is 12.9. The van der Waals surface area contributed by atoms with E-state index < -0.39 is 21.7 Å². The third-order valence-electron chi connectivity index (χ3n) is 1.47. The second kappa shape index (κ2) is 5.70. The first-order valence-corrected chi connectivity index (χ1v) is 5.58. The molecule has 0 aromatic heterocycles. The Labute approximate surface area is 102 Å². The van der Waals surface area contributed by atoms with E-state index in [0.29, 0.717) is 0 Å². The van der Waals surface area contributed by atoms with Crippen LogP contribution in [0.4, 0.5) is 8.78 Å². The summed E-state index contributed by atoms with van der Waals surface area (Å²) in [6, 6.07) is 3.99. The minimum Gasteiger partial charge on any atom is -0.236 e. The molecule has 15 heavy (non-hydrogen) atoms. The second-order valence-electron chi connectivity index (χ2n) is 2.74. The summed E-state index contributed by atoms with van der Waals surface area (Å²) in [5, 5.41) is 0. The third kappa shape index (κ3) is 5.37. The van der Waals surface area contributed by atoms with Crippen LogP contribution in [-0.2, 0) is 38.3 Å². The monoisotopic (exact) mass is 268 g/mol. The van der Waals surface area contributed by atoms with Gasteiger partial charge in [0.15, 0.2) is 0 Å². The Morgan fingerprint density at radius 1 is 1.40 bits per heavy atom. The molecule has 1 rings (SSSR count). The zero-order valence-electron chi connectivity index (χ0n) is 7.84. The number of halogens is 2. The Kier molecular flexibility index (Phi) is 5.58. The standard InChI is InChI=1S/C8H8F2NO2S.Ti/c1-14(12,13)11-5-6-2-3-7(9)4-8(6)10;/h2-3,11H,5H2,1H3;/q-1;. The van der Waals surface area contributed by atoms with E-state index >= 15 is 0 Å². The summed E-state index contributed by atoms with van der Waals surface area (Å²) in [4.78, 5) is 0. The van der Waals surface area contributed by atoms with E-state index in [1.165, 1.54) is 6.07 Å². The van der Waals surface area contributed by atoms with E-state index in [4.69, 9.17) is 0 Å². The van der Waals surface area contributed by atoms with E-state index in [1.54, 1.807) is 6.07 Å². The van der Waals surface area contributed by atoms with Crippen molar-refractivity contribution in [2.75, 3.05) is 6.26 Å². The first-order chi connectivity index (χ1) is 6.38. The molecule has 1 aromatic carbocycles. The van der Waals surface area contributed by atoms with Crippen molar-refractivity contribution in [3.63, 3.8) is 0 Å². The summed E-state index contributed by atoms with van der Waals surface area (Å²) < 4.78 is 48.7. The summed E-state index contributed by atoms with van der Waals surface area (Å²) in [6.45, 7) is -0.207. The van der Waals surface area contributed by atoms with Gasteiger partial charge in [-0.1, -0.05) is 0 Å². The smallest absolute Gasteiger partial charge is 0.208 e. The van der Waals surface area contributed by atoms with Gasteiger partial charge in [0.25, 0.3) is 0 Å². The van der Waals surface area contributed by atoms with Crippen molar-refractivity contribution >= 4 is 10.0 Å². The quantitative estimate of drug-likeness (QED) is 0.651. The van der Waals surface area contributed by atoms with Crippen LogP contribution in [0.5, 0.6) is 0 Å². The fourth-order valence-electron chi connectivity index (χ4n) is 0.819. The molecule has 82 valence electrons. The number of nitrogens with one attached hydrogen (secondary N) is 1. The normalized spacial score (nSPS) is 10.9. The Morgan fingerprint density at radius 2 is 2.00 bits per heavy atom. The van der Waals surface area contributed by atoms with Crippen LogP contribution < -0.4 is 4.72 Å². The van der Waals surface area contributed by atoms with Gasteiger partial charge >= 0.3 is 0 Å². The SMILES string of the molecule is CS(=O)(=O)NCc1ccc(F)[c-]c1F.[Ti]. The fraction of sp³-hybridized carbons (Fsp3) is 0.250. The molecule has 0 amide bonds. The van der Waals surface area contributed by atoms with Gasteiger partial charge in [0, 0.05) is 33.4 Å². The van der Waals surface area contributed by atoms with Gasteiger partial charge in [-0.25, -0.2) is 21.9 Å². The van der Waals surface area contributed by atoms with Gasteiger partial charge in [0.05, 0.1) is 6.26 Å². The molecular weight excluding hydrogens is 260 g/mol. The predicted octanol–water partition coefficient (Wildman–Crippen LogP) is 0.812. The number of hydrogen-bond donors (Lipinski definition) is 1. The van der Waals surface area contributed by atoms with Crippen molar-refractivity contribution in [2.45, 2.75) is 6.54 Å². The van der Waals surface area contributed by atoms with Crippen LogP contribution in [0.2, 0.25) is 0 Å². The van der Waals surface area contributed by atoms with Gasteiger partial charge < -0.3 is 0 Å². The molecule has 0 saturated heterocycles. The predicted molar refractivity (Wildman–Crippen MR) is 46.9 cm³/mol. The Hall–Kier alpha value is -0.296. The van der Waals surface area contributed by atoms with E-state index in [9.17, 15) is 17.2 Å². The van der Waals surface area contributed by atoms with E-state index in [0.717, 1.165) is 12.3 Å². The number of rotatable bonds is 3. The van der Waals surface area contributed by atoms with Gasteiger partial charge in [-0.2, -0.15) is 6.07 Å². The largest absolute Gasteiger partial charge is 0.236 e. The van der Waals surface area contributed by atoms with Crippen LogP contribution in [0.3, 0.4) is 0 Å². The van der Waals surface area contributed by atoms with Crippen molar-refractivity contribution in [1.82, 2.24) is 4.72 Å². The topological polar surface area (TPSA) is 46.2 Å². The van der Waals surface area contributed by atoms with Gasteiger partial charge in [-0.15, -0.1) is 17.7 Å². The fourth-order valence-corrected chi connectivity index (χ4v) is 1.24. The maximum absolute atomic E-state index is 12.9. The zero-order valence-corrected chi connectivity index (χ0v) is 10.2. The zero-order chi connectivity index (χ0) is 10.8. The van der Waals surface area contributed by atoms with Crippen molar-refractivity contribution in [3.05, 3.63) is 35.4 Å². The summed E-state index contributed by atoms with van der Waals surface area (Å²) in [5.41, 5.74) is 0.0526. The van der Waals surface area contributed by atoms with Gasteiger partial charge in [-0.3, -0.25) is 0 Å². The average Bonchev–Trinajstić information content (AvgIpc) is 2.00. The Balaban J connectivity index is 0.00000196. The summed E-state index contributed by atoms with van der Waals surface area (Å²) in [7, 11) is -3.37. The van der Waals surface area contributed by atoms with Gasteiger partial charge in [0.2, 0.25) is 10.0 Å². The molecule has 0 aliphatic carbocycles. The molecule has 0 bridgehead atoms. The molecular formula is C8H8F2NO2STi-. The minimum atomic E-state index is -3.37. The van der Waals surface area contributed by atoms with Crippen molar-refractivity contribution < 1.29 is 38.9 Å². The molecule has 1 N–H and O–H groups in total. The molecule has 0 atom stereocenters. The number of sulfonamides is 1. The molecule has 7 heteroatoms. The number of hydrogen-bond acceptors (Lipinski definition) is 2. The average molecular weight is 268 g/mol. The summed E-state index contributed by atoms with van der Waals surface area (Å²) >= 11 is 0. The van der Waals surface area contributed by atoms with E-state index in [1.807, 2.05) is 0 Å². The minimum absolute atomic E-state index is 0. The number of benzene rings is 1. The molecule has 0 saturated carbocycles. The van der Waals surface area contributed by atoms with Gasteiger partial charge in [-0.05, 0) is 6.54 Å². The van der Waals surface area contributed by atoms with Crippen LogP contribution in [0.25, 0.3) is 0 Å². The third-order valence-corrected chi connectivity index (χ3v) is 2.14. The van der Waals surface area contributed by atoms with Crippen molar-refractivity contribution in [2.24, 2.45) is 0 Å². The summed E-state index contributed by atoms with van der Waals surface area (Å²) in [6.07, 6.45) is 0.956. The first-order valence-electron chi connectivity index (χ1n) is 3.69. The van der Waals surface area contributed by atoms with Crippen molar-refractivity contribution in [3.8, 4) is 0 Å². The van der Waals surface area contributed by atoms with Crippen LogP contribution in [0.15, 0.2) is 12.1 Å². The van der Waals surface area contributed by atoms with E-state index in [2.05, 4.69) is 4.72 Å². The molecule has 0 heterocycles. The van der Waals surface area contributed by atoms with Crippen molar-refractivity contribution in [1.29, 1.82) is 0 Å². The van der Waals surface area contributed by atoms with Crippen LogP contribution >= 0.6 is 0 Å². The second-order valence-corrected chi connectivity index (χ2v) is 4.57. The molecule has 0 aliphatic rings. The maximum Gasteiger partial charge on any atom is 0.208 e. The van der Waals surface area contributed by atoms with Crippen LogP contribution in [0, 0.1) is 17.7 Å². The molecule has 0 fully saturated rings. The Morgan fingerprint density at radius 3 is 2.47 bits per heavy atom. The molecule has 1 aromatic rings. The van der Waals surface area contributed by atoms with E-state index in [-0.39, 0.29) is 33.8 Å². The molecule has 3 nitrogen and oxygen atoms in total. The first kappa shape index (κ1) is 14.7. The molecule has 0 radical (unpaired) electrons.